The summed E-state index contributed by atoms with van der Waals surface area (Å²) in [5, 5.41) is 26.3. The Bertz CT molecular complexity index is 1780. The number of benzene rings is 4. The Morgan fingerprint density at radius 3 is 1.49 bits per heavy atom. The molecule has 6 rings (SSSR count). The number of carbonyl (C=O) groups is 1. The van der Waals surface area contributed by atoms with E-state index in [0.29, 0.717) is 27.8 Å². The van der Waals surface area contributed by atoms with Crippen molar-refractivity contribution in [1.29, 1.82) is 0 Å². The zero-order valence-corrected chi connectivity index (χ0v) is 31.6. The van der Waals surface area contributed by atoms with Gasteiger partial charge in [-0.1, -0.05) is 70.0 Å². The molecule has 4 aromatic rings. The number of hydrogen-bond acceptors (Lipinski definition) is 6. The molecule has 0 heterocycles. The van der Waals surface area contributed by atoms with Crippen molar-refractivity contribution >= 4 is 76.2 Å². The summed E-state index contributed by atoms with van der Waals surface area (Å²) >= 11 is 24.7. The quantitative estimate of drug-likeness (QED) is 0.110. The molecule has 0 saturated carbocycles. The number of rotatable bonds is 6. The van der Waals surface area contributed by atoms with Gasteiger partial charge in [-0.15, -0.1) is 0 Å². The molecule has 0 spiro atoms. The van der Waals surface area contributed by atoms with E-state index in [2.05, 4.69) is 16.9 Å². The van der Waals surface area contributed by atoms with Gasteiger partial charge >= 0.3 is 26.4 Å². The fourth-order valence-electron chi connectivity index (χ4n) is 6.24. The average Bonchev–Trinajstić information content (AvgIpc) is 3.06. The molecule has 0 aliphatic heterocycles. The third-order valence-electron chi connectivity index (χ3n) is 8.38. The molecule has 0 fully saturated rings. The number of carbonyl (C=O) groups excluding carboxylic acids is 1. The van der Waals surface area contributed by atoms with Crippen LogP contribution in [0.5, 0.6) is 11.5 Å². The predicted octanol–water partition coefficient (Wildman–Crippen LogP) is 9.94. The number of aliphatic imine (C=N–C) groups is 2. The summed E-state index contributed by atoms with van der Waals surface area (Å²) in [5.74, 6) is -0.849. The summed E-state index contributed by atoms with van der Waals surface area (Å²) in [6.07, 6.45) is 11.4. The summed E-state index contributed by atoms with van der Waals surface area (Å²) in [6.45, 7) is 3.65. The number of esters is 1. The normalized spacial score (nSPS) is 13.7. The Morgan fingerprint density at radius 1 is 0.714 bits per heavy atom. The third kappa shape index (κ3) is 9.47. The fourth-order valence-corrected chi connectivity index (χ4v) is 7.26. The van der Waals surface area contributed by atoms with Crippen molar-refractivity contribution in [3.63, 3.8) is 0 Å². The Hall–Kier alpha value is -2.89. The van der Waals surface area contributed by atoms with E-state index in [4.69, 9.17) is 56.4 Å². The van der Waals surface area contributed by atoms with Crippen LogP contribution in [0.2, 0.25) is 20.1 Å². The van der Waals surface area contributed by atoms with Gasteiger partial charge in [0.05, 0.1) is 18.0 Å². The fraction of sp³-hybridized carbons (Fsp3) is 0.289. The van der Waals surface area contributed by atoms with Crippen LogP contribution in [0.25, 0.3) is 11.1 Å². The zero-order chi connectivity index (χ0) is 34.4. The molecule has 0 radical (unpaired) electrons. The van der Waals surface area contributed by atoms with Crippen LogP contribution in [0.3, 0.4) is 0 Å². The second-order valence-corrected chi connectivity index (χ2v) is 13.3. The smallest absolute Gasteiger partial charge is 0.871 e. The summed E-state index contributed by atoms with van der Waals surface area (Å²) in [5.41, 5.74) is 9.32. The van der Waals surface area contributed by atoms with E-state index < -0.39 is 0 Å². The van der Waals surface area contributed by atoms with Crippen molar-refractivity contribution < 1.29 is 40.2 Å². The molecular weight excluding hydrogens is 797 g/mol. The van der Waals surface area contributed by atoms with E-state index in [1.165, 1.54) is 41.3 Å². The summed E-state index contributed by atoms with van der Waals surface area (Å²) in [7, 11) is 0. The van der Waals surface area contributed by atoms with Gasteiger partial charge < -0.3 is 14.9 Å². The van der Waals surface area contributed by atoms with Crippen LogP contribution in [0.1, 0.15) is 72.9 Å². The van der Waals surface area contributed by atoms with Gasteiger partial charge in [0, 0.05) is 50.6 Å². The minimum atomic E-state index is -0.319. The topological polar surface area (TPSA) is 97.1 Å². The van der Waals surface area contributed by atoms with Crippen molar-refractivity contribution in [2.75, 3.05) is 6.61 Å². The Balaban J connectivity index is 0.000000710. The first-order valence-electron chi connectivity index (χ1n) is 15.9. The van der Waals surface area contributed by atoms with Gasteiger partial charge in [0.1, 0.15) is 0 Å². The van der Waals surface area contributed by atoms with E-state index in [0.717, 1.165) is 73.9 Å². The van der Waals surface area contributed by atoms with E-state index >= 15 is 0 Å². The summed E-state index contributed by atoms with van der Waals surface area (Å²) in [6, 6.07) is 14.4. The maximum absolute atomic E-state index is 12.7. The van der Waals surface area contributed by atoms with Crippen molar-refractivity contribution in [2.24, 2.45) is 9.98 Å². The van der Waals surface area contributed by atoms with Gasteiger partial charge in [-0.25, -0.2) is 0 Å². The third-order valence-corrected chi connectivity index (χ3v) is 9.38. The van der Waals surface area contributed by atoms with Gasteiger partial charge in [0.25, 0.3) is 0 Å². The van der Waals surface area contributed by atoms with Crippen molar-refractivity contribution in [3.05, 3.63) is 102 Å². The van der Waals surface area contributed by atoms with Crippen LogP contribution < -0.4 is 10.2 Å². The first kappa shape index (κ1) is 38.9. The molecule has 11 heteroatoms. The molecule has 0 N–H and O–H groups in total. The summed E-state index contributed by atoms with van der Waals surface area (Å²) in [4.78, 5) is 19.6. The molecule has 0 saturated heterocycles. The van der Waals surface area contributed by atoms with Crippen LogP contribution in [0.4, 0.5) is 11.4 Å². The molecule has 0 amide bonds. The molecule has 2 aliphatic rings. The number of aryl methyl sites for hydroxylation is 2. The van der Waals surface area contributed by atoms with Gasteiger partial charge in [0.2, 0.25) is 0 Å². The minimum absolute atomic E-state index is 0. The molecule has 6 nitrogen and oxygen atoms in total. The predicted molar refractivity (Wildman–Crippen MR) is 194 cm³/mol. The van der Waals surface area contributed by atoms with E-state index in [-0.39, 0.29) is 47.9 Å². The molecule has 0 atom stereocenters. The minimum Gasteiger partial charge on any atom is -0.871 e. The van der Waals surface area contributed by atoms with Crippen molar-refractivity contribution in [1.82, 2.24) is 0 Å². The van der Waals surface area contributed by atoms with Crippen LogP contribution in [-0.4, -0.2) is 25.0 Å². The molecule has 2 aliphatic carbocycles. The van der Waals surface area contributed by atoms with Gasteiger partial charge in [0.15, 0.2) is 0 Å². The maximum Gasteiger partial charge on any atom is 2.00 e. The molecule has 0 bridgehead atoms. The molecule has 258 valence electrons. The first-order chi connectivity index (χ1) is 23.1. The molecule has 49 heavy (non-hydrogen) atoms. The molecule has 0 unspecified atom stereocenters. The second-order valence-electron chi connectivity index (χ2n) is 11.7. The largest absolute Gasteiger partial charge is 2.00 e. The van der Waals surface area contributed by atoms with E-state index in [1.54, 1.807) is 31.5 Å². The molecule has 4 aromatic carbocycles. The SMILES string of the molecule is CCOC(C)=O.[O-]c1c(Cl)cc(Cl)cc1C=Nc1ccc2c(c1-c1c(N=Cc3cc(Cl)cc(Cl)c3[O-])ccc3c1CCCC3)CCCC2.[Pd+2]. The monoisotopic (exact) mass is 828 g/mol. The standard InChI is InChI=1S/C34H28Cl4N2O2.C4H8O2.Pd/c35-23-13-21(33(41)27(37)15-23)17-39-29-11-9-19-5-1-3-7-25(19)31(29)32-26-8-4-2-6-20(26)10-12-30(32)40-18-22-14-24(36)16-28(38)34(22)42;1-3-6-4(2)5;/h9-18,41-42H,1-8H2;3H2,1-2H3;/q;;+2/p-2. The van der Waals surface area contributed by atoms with E-state index in [1.807, 2.05) is 12.1 Å². The van der Waals surface area contributed by atoms with Gasteiger partial charge in [-0.3, -0.25) is 14.8 Å². The summed E-state index contributed by atoms with van der Waals surface area (Å²) < 4.78 is 4.40. The zero-order valence-electron chi connectivity index (χ0n) is 27.0. The number of hydrogen-bond donors (Lipinski definition) is 0. The Kier molecular flexibility index (Phi) is 14.2. The number of fused-ring (bicyclic) bond motifs is 2. The molecular formula is C38H34Cl4N2O4Pd. The van der Waals surface area contributed by atoms with Crippen molar-refractivity contribution in [2.45, 2.75) is 65.2 Å². The van der Waals surface area contributed by atoms with Crippen molar-refractivity contribution in [3.8, 4) is 22.6 Å². The first-order valence-corrected chi connectivity index (χ1v) is 17.4. The van der Waals surface area contributed by atoms with Crippen LogP contribution in [0, 0.1) is 0 Å². The molecule has 0 aromatic heterocycles. The number of nitrogens with zero attached hydrogens (tertiary/aromatic N) is 2. The maximum atomic E-state index is 12.7. The van der Waals surface area contributed by atoms with Gasteiger partial charge in [-0.2, -0.15) is 0 Å². The van der Waals surface area contributed by atoms with E-state index in [9.17, 15) is 15.0 Å². The van der Waals surface area contributed by atoms with Crippen LogP contribution in [0.15, 0.2) is 58.5 Å². The van der Waals surface area contributed by atoms with Crippen LogP contribution in [-0.2, 0) is 55.6 Å². The van der Waals surface area contributed by atoms with Crippen LogP contribution >= 0.6 is 46.4 Å². The average molecular weight is 831 g/mol. The van der Waals surface area contributed by atoms with Gasteiger partial charge in [-0.05, 0) is 128 Å². The Labute approximate surface area is 320 Å². The number of ether oxygens (including phenoxy) is 1. The second kappa shape index (κ2) is 17.9. The number of halogens is 4. The Morgan fingerprint density at radius 2 is 1.12 bits per heavy atom.